The number of hydrogen-bond donors (Lipinski definition) is 1. The molecule has 0 amide bonds. The number of nitrogens with zero attached hydrogens (tertiary/aromatic N) is 5. The molecule has 168 valence electrons. The average molecular weight is 459 g/mol. The molecule has 5 rings (SSSR count). The number of hydrogen-bond acceptors (Lipinski definition) is 7. The van der Waals surface area contributed by atoms with E-state index in [-0.39, 0.29) is 17.2 Å². The van der Waals surface area contributed by atoms with Crippen LogP contribution in [-0.4, -0.2) is 40.1 Å². The summed E-state index contributed by atoms with van der Waals surface area (Å²) in [4.78, 5) is 24.3. The largest absolute Gasteiger partial charge is 0.324 e. The van der Waals surface area contributed by atoms with Crippen LogP contribution in [0, 0.1) is 11.3 Å². The number of benzene rings is 1. The van der Waals surface area contributed by atoms with Gasteiger partial charge in [0.05, 0.1) is 0 Å². The molecule has 1 aliphatic carbocycles. The number of rotatable bonds is 6. The van der Waals surface area contributed by atoms with Crippen molar-refractivity contribution in [1.82, 2.24) is 19.4 Å². The van der Waals surface area contributed by atoms with Crippen molar-refractivity contribution in [3.05, 3.63) is 57.3 Å². The molecule has 0 aliphatic heterocycles. The summed E-state index contributed by atoms with van der Waals surface area (Å²) < 4.78 is 2.93. The van der Waals surface area contributed by atoms with Gasteiger partial charge in [-0.15, -0.1) is 11.3 Å². The second-order valence-electron chi connectivity index (χ2n) is 8.91. The molecular weight excluding hydrogens is 432 g/mol. The van der Waals surface area contributed by atoms with Crippen molar-refractivity contribution in [3.8, 4) is 6.07 Å². The fourth-order valence-electron chi connectivity index (χ4n) is 4.59. The first-order chi connectivity index (χ1) is 16.0. The first-order valence-corrected chi connectivity index (χ1v) is 12.2. The molecule has 1 aromatic carbocycles. The van der Waals surface area contributed by atoms with E-state index in [0.717, 1.165) is 44.3 Å². The number of anilines is 2. The van der Waals surface area contributed by atoms with Gasteiger partial charge in [-0.1, -0.05) is 18.9 Å². The lowest BCUT2D eigenvalue weighted by Gasteiger charge is -2.17. The standard InChI is InChI=1S/C25H26N6OS/c1-30(2)10-9-16-15-33-22-12-19(7-8-21(16)22)28-25-27-14-18-11-17(13-26)24(32)31(23(18)29-25)20-5-3-4-6-20/h7-8,11-12,14-15,20H,3-6,9-10H2,1-2H3,(H,27,28,29). The van der Waals surface area contributed by atoms with E-state index in [1.54, 1.807) is 28.2 Å². The molecule has 1 fully saturated rings. The van der Waals surface area contributed by atoms with Crippen LogP contribution in [-0.2, 0) is 6.42 Å². The number of aromatic nitrogens is 3. The van der Waals surface area contributed by atoms with Gasteiger partial charge in [0, 0.05) is 34.6 Å². The zero-order chi connectivity index (χ0) is 22.9. The van der Waals surface area contributed by atoms with E-state index in [2.05, 4.69) is 46.8 Å². The molecule has 1 saturated carbocycles. The Labute approximate surface area is 196 Å². The van der Waals surface area contributed by atoms with E-state index in [1.165, 1.54) is 15.6 Å². The van der Waals surface area contributed by atoms with Crippen LogP contribution < -0.4 is 10.9 Å². The van der Waals surface area contributed by atoms with Gasteiger partial charge in [0.2, 0.25) is 5.95 Å². The Hall–Kier alpha value is -3.28. The quantitative estimate of drug-likeness (QED) is 0.445. The number of pyridine rings is 1. The van der Waals surface area contributed by atoms with Crippen LogP contribution in [0.3, 0.4) is 0 Å². The molecule has 0 spiro atoms. The van der Waals surface area contributed by atoms with Crippen LogP contribution in [0.4, 0.5) is 11.6 Å². The van der Waals surface area contributed by atoms with Gasteiger partial charge in [0.25, 0.3) is 5.56 Å². The zero-order valence-electron chi connectivity index (χ0n) is 18.8. The van der Waals surface area contributed by atoms with Gasteiger partial charge in [-0.3, -0.25) is 9.36 Å². The molecule has 1 N–H and O–H groups in total. The lowest BCUT2D eigenvalue weighted by Crippen LogP contribution is -2.26. The first-order valence-electron chi connectivity index (χ1n) is 11.3. The Morgan fingerprint density at radius 1 is 1.27 bits per heavy atom. The van der Waals surface area contributed by atoms with E-state index < -0.39 is 0 Å². The van der Waals surface area contributed by atoms with Gasteiger partial charge in [-0.25, -0.2) is 4.98 Å². The molecule has 3 aromatic heterocycles. The summed E-state index contributed by atoms with van der Waals surface area (Å²) in [5, 5.41) is 17.0. The summed E-state index contributed by atoms with van der Waals surface area (Å²) in [5.41, 5.74) is 2.75. The van der Waals surface area contributed by atoms with Gasteiger partial charge in [-0.2, -0.15) is 10.2 Å². The maximum Gasteiger partial charge on any atom is 0.270 e. The zero-order valence-corrected chi connectivity index (χ0v) is 19.7. The molecule has 0 saturated heterocycles. The molecule has 0 radical (unpaired) electrons. The van der Waals surface area contributed by atoms with Crippen LogP contribution in [0.15, 0.2) is 40.6 Å². The predicted octanol–water partition coefficient (Wildman–Crippen LogP) is 4.84. The highest BCUT2D eigenvalue weighted by molar-refractivity contribution is 7.17. The lowest BCUT2D eigenvalue weighted by atomic mass is 10.1. The second-order valence-corrected chi connectivity index (χ2v) is 9.82. The Bertz CT molecular complexity index is 1420. The molecule has 7 nitrogen and oxygen atoms in total. The van der Waals surface area contributed by atoms with Gasteiger partial charge in [0.15, 0.2) is 0 Å². The molecule has 4 aromatic rings. The lowest BCUT2D eigenvalue weighted by molar-refractivity contribution is 0.414. The van der Waals surface area contributed by atoms with Crippen LogP contribution in [0.5, 0.6) is 0 Å². The third-order valence-corrected chi connectivity index (χ3v) is 7.32. The minimum atomic E-state index is -0.258. The van der Waals surface area contributed by atoms with Crippen LogP contribution in [0.25, 0.3) is 21.1 Å². The molecule has 0 bridgehead atoms. The summed E-state index contributed by atoms with van der Waals surface area (Å²) in [5.74, 6) is 0.446. The topological polar surface area (TPSA) is 86.8 Å². The van der Waals surface area contributed by atoms with E-state index in [9.17, 15) is 10.1 Å². The second kappa shape index (κ2) is 8.93. The van der Waals surface area contributed by atoms with E-state index in [1.807, 2.05) is 12.1 Å². The van der Waals surface area contributed by atoms with Crippen molar-refractivity contribution in [2.45, 2.75) is 38.1 Å². The number of nitriles is 1. The monoisotopic (exact) mass is 458 g/mol. The minimum absolute atomic E-state index is 0.0825. The third-order valence-electron chi connectivity index (χ3n) is 6.32. The maximum atomic E-state index is 13.0. The normalized spacial score (nSPS) is 14.4. The number of likely N-dealkylation sites (N-methyl/N-ethyl adjacent to an activating group) is 1. The fourth-order valence-corrected chi connectivity index (χ4v) is 5.62. The summed E-state index contributed by atoms with van der Waals surface area (Å²) in [6.07, 6.45) is 6.76. The van der Waals surface area contributed by atoms with Crippen molar-refractivity contribution in [2.24, 2.45) is 0 Å². The number of fused-ring (bicyclic) bond motifs is 2. The fraction of sp³-hybridized carbons (Fsp3) is 0.360. The first kappa shape index (κ1) is 21.6. The van der Waals surface area contributed by atoms with Gasteiger partial charge < -0.3 is 10.2 Å². The highest BCUT2D eigenvalue weighted by Gasteiger charge is 2.22. The van der Waals surface area contributed by atoms with Crippen LogP contribution in [0.2, 0.25) is 0 Å². The highest BCUT2D eigenvalue weighted by atomic mass is 32.1. The SMILES string of the molecule is CN(C)CCc1csc2cc(Nc3ncc4cc(C#N)c(=O)n(C5CCCC5)c4n3)ccc12. The third kappa shape index (κ3) is 4.22. The Morgan fingerprint density at radius 3 is 2.85 bits per heavy atom. The predicted molar refractivity (Wildman–Crippen MR) is 133 cm³/mol. The minimum Gasteiger partial charge on any atom is -0.324 e. The Balaban J connectivity index is 1.49. The van der Waals surface area contributed by atoms with Gasteiger partial charge in [0.1, 0.15) is 17.3 Å². The molecule has 3 heterocycles. The number of nitrogens with one attached hydrogen (secondary N) is 1. The molecule has 8 heteroatoms. The maximum absolute atomic E-state index is 13.0. The van der Waals surface area contributed by atoms with Crippen molar-refractivity contribution in [2.75, 3.05) is 26.0 Å². The van der Waals surface area contributed by atoms with Gasteiger partial charge >= 0.3 is 0 Å². The summed E-state index contributed by atoms with van der Waals surface area (Å²) in [6, 6.07) is 10.0. The summed E-state index contributed by atoms with van der Waals surface area (Å²) in [7, 11) is 4.18. The highest BCUT2D eigenvalue weighted by Crippen LogP contribution is 2.32. The summed E-state index contributed by atoms with van der Waals surface area (Å²) in [6.45, 7) is 1.02. The van der Waals surface area contributed by atoms with Crippen molar-refractivity contribution >= 4 is 44.1 Å². The number of thiophene rings is 1. The van der Waals surface area contributed by atoms with Crippen LogP contribution >= 0.6 is 11.3 Å². The van der Waals surface area contributed by atoms with E-state index in [4.69, 9.17) is 4.98 Å². The van der Waals surface area contributed by atoms with Crippen LogP contribution in [0.1, 0.15) is 42.9 Å². The Kier molecular flexibility index (Phi) is 5.83. The molecular formula is C25H26N6OS. The molecule has 1 aliphatic rings. The average Bonchev–Trinajstić information content (AvgIpc) is 3.47. The molecule has 0 unspecified atom stereocenters. The Morgan fingerprint density at radius 2 is 2.09 bits per heavy atom. The molecule has 0 atom stereocenters. The smallest absolute Gasteiger partial charge is 0.270 e. The van der Waals surface area contributed by atoms with Crippen molar-refractivity contribution < 1.29 is 0 Å². The van der Waals surface area contributed by atoms with Crippen molar-refractivity contribution in [1.29, 1.82) is 5.26 Å². The van der Waals surface area contributed by atoms with Gasteiger partial charge in [-0.05, 0) is 67.9 Å². The van der Waals surface area contributed by atoms with E-state index in [0.29, 0.717) is 17.0 Å². The van der Waals surface area contributed by atoms with E-state index >= 15 is 0 Å². The summed E-state index contributed by atoms with van der Waals surface area (Å²) >= 11 is 1.74. The molecule has 33 heavy (non-hydrogen) atoms. The van der Waals surface area contributed by atoms with Crippen molar-refractivity contribution in [3.63, 3.8) is 0 Å².